The number of nitrogens with zero attached hydrogens (tertiary/aromatic N) is 1. The molecule has 0 saturated heterocycles. The molecule has 0 saturated carbocycles. The molecule has 0 aliphatic heterocycles. The summed E-state index contributed by atoms with van der Waals surface area (Å²) >= 11 is 1.72. The number of aromatic nitrogens is 2. The maximum atomic E-state index is 4.57. The van der Waals surface area contributed by atoms with Crippen molar-refractivity contribution in [3.8, 4) is 0 Å². The molecule has 20 heavy (non-hydrogen) atoms. The number of nitrogens with one attached hydrogen (secondary N) is 2. The third kappa shape index (κ3) is 3.08. The Morgan fingerprint density at radius 2 is 1.85 bits per heavy atom. The van der Waals surface area contributed by atoms with Crippen LogP contribution in [0.5, 0.6) is 0 Å². The first-order valence-corrected chi connectivity index (χ1v) is 7.18. The topological polar surface area (TPSA) is 40.7 Å². The molecule has 2 N–H and O–H groups in total. The highest BCUT2D eigenvalue weighted by atomic mass is 35.5. The Hall–Kier alpha value is -1.65. The Balaban J connectivity index is 0.00000147. The minimum atomic E-state index is 0. The second kappa shape index (κ2) is 6.68. The first kappa shape index (κ1) is 14.8. The molecule has 0 atom stereocenters. The van der Waals surface area contributed by atoms with Crippen molar-refractivity contribution < 1.29 is 0 Å². The van der Waals surface area contributed by atoms with Crippen molar-refractivity contribution in [1.82, 2.24) is 9.97 Å². The lowest BCUT2D eigenvalue weighted by molar-refractivity contribution is 1.08. The zero-order chi connectivity index (χ0) is 13.1. The lowest BCUT2D eigenvalue weighted by atomic mass is 10.2. The summed E-state index contributed by atoms with van der Waals surface area (Å²) < 4.78 is 0. The number of para-hydroxylation sites is 3. The fourth-order valence-corrected chi connectivity index (χ4v) is 2.92. The standard InChI is InChI=1S/C15H15N3S.ClH/c1-16-12-7-3-2-6-11(12)10-19-15-17-13-8-4-5-9-14(13)18-15;/h2-9,16H,10H2,1H3,(H,17,18);1H. The van der Waals surface area contributed by atoms with Gasteiger partial charge in [0.05, 0.1) is 11.0 Å². The van der Waals surface area contributed by atoms with Gasteiger partial charge >= 0.3 is 0 Å². The van der Waals surface area contributed by atoms with Crippen LogP contribution in [0.3, 0.4) is 0 Å². The number of thioether (sulfide) groups is 1. The molecular formula is C15H16ClN3S. The van der Waals surface area contributed by atoms with Gasteiger partial charge < -0.3 is 10.3 Å². The summed E-state index contributed by atoms with van der Waals surface area (Å²) in [7, 11) is 1.95. The zero-order valence-electron chi connectivity index (χ0n) is 11.1. The molecule has 1 heterocycles. The number of rotatable bonds is 4. The van der Waals surface area contributed by atoms with E-state index >= 15 is 0 Å². The highest BCUT2D eigenvalue weighted by Gasteiger charge is 2.05. The summed E-state index contributed by atoms with van der Waals surface area (Å²) in [4.78, 5) is 7.91. The van der Waals surface area contributed by atoms with E-state index in [-0.39, 0.29) is 12.4 Å². The van der Waals surface area contributed by atoms with E-state index in [1.807, 2.05) is 37.4 Å². The number of fused-ring (bicyclic) bond motifs is 1. The molecule has 0 unspecified atom stereocenters. The van der Waals surface area contributed by atoms with E-state index in [1.54, 1.807) is 11.8 Å². The summed E-state index contributed by atoms with van der Waals surface area (Å²) in [5.41, 5.74) is 4.57. The number of H-pyrrole nitrogens is 1. The van der Waals surface area contributed by atoms with Crippen LogP contribution in [0.1, 0.15) is 5.56 Å². The average Bonchev–Trinajstić information content (AvgIpc) is 2.88. The van der Waals surface area contributed by atoms with E-state index in [1.165, 1.54) is 11.3 Å². The first-order valence-electron chi connectivity index (χ1n) is 6.20. The van der Waals surface area contributed by atoms with Crippen molar-refractivity contribution in [2.75, 3.05) is 12.4 Å². The van der Waals surface area contributed by atoms with Gasteiger partial charge in [-0.05, 0) is 23.8 Å². The predicted octanol–water partition coefficient (Wildman–Crippen LogP) is 4.32. The predicted molar refractivity (Wildman–Crippen MR) is 88.9 cm³/mol. The van der Waals surface area contributed by atoms with Crippen LogP contribution in [-0.4, -0.2) is 17.0 Å². The number of imidazole rings is 1. The molecular weight excluding hydrogens is 290 g/mol. The fraction of sp³-hybridized carbons (Fsp3) is 0.133. The minimum Gasteiger partial charge on any atom is -0.388 e. The summed E-state index contributed by atoms with van der Waals surface area (Å²) in [6, 6.07) is 16.4. The molecule has 104 valence electrons. The zero-order valence-corrected chi connectivity index (χ0v) is 12.7. The molecule has 0 aliphatic carbocycles. The first-order chi connectivity index (χ1) is 9.36. The smallest absolute Gasteiger partial charge is 0.166 e. The molecule has 5 heteroatoms. The van der Waals surface area contributed by atoms with Crippen LogP contribution in [0.25, 0.3) is 11.0 Å². The monoisotopic (exact) mass is 305 g/mol. The van der Waals surface area contributed by atoms with Gasteiger partial charge in [-0.25, -0.2) is 4.98 Å². The van der Waals surface area contributed by atoms with Crippen LogP contribution in [0.15, 0.2) is 53.7 Å². The van der Waals surface area contributed by atoms with Crippen LogP contribution in [0, 0.1) is 0 Å². The van der Waals surface area contributed by atoms with Gasteiger partial charge in [0, 0.05) is 18.5 Å². The van der Waals surface area contributed by atoms with Crippen molar-refractivity contribution in [3.63, 3.8) is 0 Å². The summed E-state index contributed by atoms with van der Waals surface area (Å²) in [6.45, 7) is 0. The van der Waals surface area contributed by atoms with E-state index in [0.717, 1.165) is 21.9 Å². The van der Waals surface area contributed by atoms with Crippen molar-refractivity contribution in [1.29, 1.82) is 0 Å². The van der Waals surface area contributed by atoms with Gasteiger partial charge in [-0.1, -0.05) is 42.1 Å². The van der Waals surface area contributed by atoms with Gasteiger partial charge in [0.2, 0.25) is 0 Å². The molecule has 0 spiro atoms. The lowest BCUT2D eigenvalue weighted by Crippen LogP contribution is -1.93. The van der Waals surface area contributed by atoms with Gasteiger partial charge in [-0.3, -0.25) is 0 Å². The van der Waals surface area contributed by atoms with E-state index in [0.29, 0.717) is 0 Å². The summed E-state index contributed by atoms with van der Waals surface area (Å²) in [5.74, 6) is 0.900. The third-order valence-corrected chi connectivity index (χ3v) is 3.94. The average molecular weight is 306 g/mol. The number of aromatic amines is 1. The Morgan fingerprint density at radius 1 is 1.10 bits per heavy atom. The number of benzene rings is 2. The van der Waals surface area contributed by atoms with Crippen LogP contribution >= 0.6 is 24.2 Å². The van der Waals surface area contributed by atoms with Gasteiger partial charge in [-0.15, -0.1) is 12.4 Å². The van der Waals surface area contributed by atoms with Crippen LogP contribution in [0.4, 0.5) is 5.69 Å². The largest absolute Gasteiger partial charge is 0.388 e. The SMILES string of the molecule is CNc1ccccc1CSc1nc2ccccc2[nH]1.Cl. The third-order valence-electron chi connectivity index (χ3n) is 3.02. The molecule has 0 radical (unpaired) electrons. The van der Waals surface area contributed by atoms with E-state index in [4.69, 9.17) is 0 Å². The fourth-order valence-electron chi connectivity index (χ4n) is 2.03. The van der Waals surface area contributed by atoms with Crippen LogP contribution in [0.2, 0.25) is 0 Å². The molecule has 3 rings (SSSR count). The van der Waals surface area contributed by atoms with E-state index < -0.39 is 0 Å². The molecule has 3 nitrogen and oxygen atoms in total. The van der Waals surface area contributed by atoms with Crippen LogP contribution in [-0.2, 0) is 5.75 Å². The van der Waals surface area contributed by atoms with Crippen molar-refractivity contribution in [2.45, 2.75) is 10.9 Å². The molecule has 3 aromatic rings. The normalized spacial score (nSPS) is 10.2. The van der Waals surface area contributed by atoms with Gasteiger partial charge in [0.15, 0.2) is 5.16 Å². The summed E-state index contributed by atoms with van der Waals surface area (Å²) in [5, 5.41) is 4.18. The van der Waals surface area contributed by atoms with Gasteiger partial charge in [-0.2, -0.15) is 0 Å². The number of hydrogen-bond acceptors (Lipinski definition) is 3. The lowest BCUT2D eigenvalue weighted by Gasteiger charge is -2.07. The second-order valence-electron chi connectivity index (χ2n) is 4.25. The maximum absolute atomic E-state index is 4.57. The molecule has 1 aromatic heterocycles. The summed E-state index contributed by atoms with van der Waals surface area (Å²) in [6.07, 6.45) is 0. The minimum absolute atomic E-state index is 0. The maximum Gasteiger partial charge on any atom is 0.166 e. The Kier molecular flexibility index (Phi) is 4.93. The highest BCUT2D eigenvalue weighted by molar-refractivity contribution is 7.98. The molecule has 2 aromatic carbocycles. The molecule has 0 fully saturated rings. The van der Waals surface area contributed by atoms with Crippen molar-refractivity contribution >= 4 is 40.9 Å². The number of halogens is 1. The van der Waals surface area contributed by atoms with Gasteiger partial charge in [0.1, 0.15) is 0 Å². The quantitative estimate of drug-likeness (QED) is 0.705. The van der Waals surface area contributed by atoms with Crippen molar-refractivity contribution in [2.24, 2.45) is 0 Å². The van der Waals surface area contributed by atoms with E-state index in [9.17, 15) is 0 Å². The Bertz CT molecular complexity index is 663. The van der Waals surface area contributed by atoms with E-state index in [2.05, 4.69) is 33.5 Å². The van der Waals surface area contributed by atoms with Crippen LogP contribution < -0.4 is 5.32 Å². The highest BCUT2D eigenvalue weighted by Crippen LogP contribution is 2.26. The second-order valence-corrected chi connectivity index (χ2v) is 5.22. The molecule has 0 bridgehead atoms. The number of anilines is 1. The molecule has 0 amide bonds. The number of hydrogen-bond donors (Lipinski definition) is 2. The Labute approximate surface area is 128 Å². The van der Waals surface area contributed by atoms with Crippen molar-refractivity contribution in [3.05, 3.63) is 54.1 Å². The van der Waals surface area contributed by atoms with Gasteiger partial charge in [0.25, 0.3) is 0 Å². The Morgan fingerprint density at radius 3 is 2.65 bits per heavy atom. The molecule has 0 aliphatic rings.